The van der Waals surface area contributed by atoms with Crippen LogP contribution in [0.1, 0.15) is 355 Å². The quantitative estimate of drug-likeness (QED) is 0.0146. The van der Waals surface area contributed by atoms with Crippen LogP contribution in [0.3, 0.4) is 0 Å². The van der Waals surface area contributed by atoms with Gasteiger partial charge in [0.1, 0.15) is 25.4 Å². The van der Waals surface area contributed by atoms with Crippen molar-refractivity contribution in [2.75, 3.05) is 39.6 Å². The van der Waals surface area contributed by atoms with Crippen LogP contribution in [0.5, 0.6) is 0 Å². The minimum atomic E-state index is -4.97. The van der Waals surface area contributed by atoms with E-state index in [0.717, 1.165) is 148 Å². The number of esters is 3. The molecule has 0 aromatic heterocycles. The summed E-state index contributed by atoms with van der Waals surface area (Å²) in [5.74, 6) is -1.68. The van der Waals surface area contributed by atoms with Crippen LogP contribution >= 0.6 is 15.6 Å². The maximum atomic E-state index is 13.0. The van der Waals surface area contributed by atoms with Crippen LogP contribution in [-0.2, 0) is 55.8 Å². The van der Waals surface area contributed by atoms with Gasteiger partial charge in [-0.05, 0) is 154 Å². The average Bonchev–Trinajstić information content (AvgIpc) is 0.901. The lowest BCUT2D eigenvalue weighted by Gasteiger charge is -2.21. The standard InChI is InChI=1S/C99H164O16P2/c1-4-7-10-13-16-19-22-25-28-31-34-36-38-40-42-44-45-46-47-49-51-52-54-56-59-61-64-67-70-73-76-79-82-85-97(102)109-88-94(100)89-111-116(105,106)112-90-95(101)91-113-117(107,108)114-93-96(115-99(104)87-84-81-78-75-72-69-66-63-58-33-30-27-24-21-18-15-12-9-6-3)92-110-98(103)86-83-80-77-74-71-68-65-62-60-57-55-53-50-48-43-41-39-37-35-32-29-26-23-20-17-14-11-8-5-2/h7,9-10,12,16-21,25-30,34-37,40-43,45-46,58,63,69,72,78,81,94-96,100-101H,4-6,8,11,13-15,22-24,31-33,38-39,44,47-57,59-62,64-68,70-71,73-77,79-80,82-93H2,1-3H3,(H,105,106)(H,107,108)/b10-7-,12-9-,19-16-,20-17-,21-18-,28-25-,29-26-,30-27-,36-34-,37-35-,42-40-,43-41-,46-45-,63-58-,72-69-,81-78-. The number of ether oxygens (including phenoxy) is 3. The Morgan fingerprint density at radius 2 is 0.470 bits per heavy atom. The van der Waals surface area contributed by atoms with E-state index in [1.807, 2.05) is 18.2 Å². The number of carbonyl (C=O) groups excluding carboxylic acids is 3. The summed E-state index contributed by atoms with van der Waals surface area (Å²) in [5, 5.41) is 20.7. The van der Waals surface area contributed by atoms with Crippen LogP contribution in [0, 0.1) is 0 Å². The monoisotopic (exact) mass is 1670 g/mol. The first-order valence-electron chi connectivity index (χ1n) is 45.7. The molecule has 0 aromatic rings. The molecule has 4 N–H and O–H groups in total. The van der Waals surface area contributed by atoms with Gasteiger partial charge in [0.15, 0.2) is 6.10 Å². The molecule has 0 amide bonds. The predicted molar refractivity (Wildman–Crippen MR) is 491 cm³/mol. The first-order valence-corrected chi connectivity index (χ1v) is 48.7. The van der Waals surface area contributed by atoms with Crippen LogP contribution in [-0.4, -0.2) is 95.9 Å². The number of carbonyl (C=O) groups is 3. The van der Waals surface area contributed by atoms with Gasteiger partial charge in [0.25, 0.3) is 0 Å². The van der Waals surface area contributed by atoms with Gasteiger partial charge < -0.3 is 34.2 Å². The summed E-state index contributed by atoms with van der Waals surface area (Å²) < 4.78 is 61.3. The Morgan fingerprint density at radius 1 is 0.248 bits per heavy atom. The highest BCUT2D eigenvalue weighted by atomic mass is 31.2. The Kier molecular flexibility index (Phi) is 85.3. The van der Waals surface area contributed by atoms with Gasteiger partial charge in [-0.15, -0.1) is 0 Å². The van der Waals surface area contributed by atoms with E-state index >= 15 is 0 Å². The van der Waals surface area contributed by atoms with Crippen molar-refractivity contribution >= 4 is 33.6 Å². The fourth-order valence-electron chi connectivity index (χ4n) is 11.9. The highest BCUT2D eigenvalue weighted by Crippen LogP contribution is 2.45. The minimum Gasteiger partial charge on any atom is -0.463 e. The summed E-state index contributed by atoms with van der Waals surface area (Å²) in [6.45, 7) is 2.35. The topological polar surface area (TPSA) is 231 Å². The van der Waals surface area contributed by atoms with E-state index in [0.29, 0.717) is 25.7 Å². The molecule has 0 heterocycles. The molecular formula is C99H164O16P2. The van der Waals surface area contributed by atoms with E-state index in [4.69, 9.17) is 32.3 Å². The zero-order valence-corrected chi connectivity index (χ0v) is 75.1. The number of phosphoric ester groups is 2. The van der Waals surface area contributed by atoms with Crippen molar-refractivity contribution in [3.05, 3.63) is 194 Å². The van der Waals surface area contributed by atoms with Gasteiger partial charge in [-0.2, -0.15) is 0 Å². The van der Waals surface area contributed by atoms with Crippen molar-refractivity contribution in [3.8, 4) is 0 Å². The van der Waals surface area contributed by atoms with Gasteiger partial charge in [0.05, 0.1) is 26.4 Å². The summed E-state index contributed by atoms with van der Waals surface area (Å²) in [6, 6.07) is 0. The molecule has 0 saturated heterocycles. The normalized spacial score (nSPS) is 14.7. The smallest absolute Gasteiger partial charge is 0.463 e. The lowest BCUT2D eigenvalue weighted by molar-refractivity contribution is -0.161. The number of aliphatic hydroxyl groups is 2. The Hall–Kier alpha value is -5.61. The molecule has 16 nitrogen and oxygen atoms in total. The van der Waals surface area contributed by atoms with Crippen molar-refractivity contribution in [2.45, 2.75) is 373 Å². The second kappa shape index (κ2) is 89.6. The summed E-state index contributed by atoms with van der Waals surface area (Å²) >= 11 is 0. The number of rotatable bonds is 85. The summed E-state index contributed by atoms with van der Waals surface area (Å²) in [4.78, 5) is 58.9. The Morgan fingerprint density at radius 3 is 0.752 bits per heavy atom. The highest BCUT2D eigenvalue weighted by Gasteiger charge is 2.29. The van der Waals surface area contributed by atoms with E-state index in [-0.39, 0.29) is 19.3 Å². The highest BCUT2D eigenvalue weighted by molar-refractivity contribution is 7.47. The van der Waals surface area contributed by atoms with Crippen LogP contribution in [0.2, 0.25) is 0 Å². The Labute approximate surface area is 712 Å². The van der Waals surface area contributed by atoms with Gasteiger partial charge in [-0.25, -0.2) is 9.13 Å². The summed E-state index contributed by atoms with van der Waals surface area (Å²) in [6.07, 6.45) is 119. The largest absolute Gasteiger partial charge is 0.472 e. The SMILES string of the molecule is CC/C=C\C/C=C\C/C=C\C/C=C\C/C=C\C/C=C\CCCCCCCCCCCCCCCCC(=O)OCC(O)COP(=O)(O)OCC(O)COP(=O)(O)OCC(COC(=O)CCCCCCCCCCCCCCC/C=C\C/C=C\C/C=C\C/C=C\CCCCC)OC(=O)CC/C=C\C/C=C\C/C=C\C/C=C\C/C=C\C/C=C\CC. The third-order valence-corrected chi connectivity index (χ3v) is 20.7. The van der Waals surface area contributed by atoms with E-state index in [1.165, 1.54) is 141 Å². The molecule has 0 aliphatic carbocycles. The molecule has 117 heavy (non-hydrogen) atoms. The second-order valence-electron chi connectivity index (χ2n) is 30.0. The van der Waals surface area contributed by atoms with Crippen molar-refractivity contribution < 1.29 is 75.8 Å². The van der Waals surface area contributed by atoms with E-state index in [2.05, 4.69) is 197 Å². The Balaban J connectivity index is 4.59. The van der Waals surface area contributed by atoms with Gasteiger partial charge >= 0.3 is 33.6 Å². The fourth-order valence-corrected chi connectivity index (χ4v) is 13.5. The molecule has 0 aliphatic heterocycles. The average molecular weight is 1670 g/mol. The number of aliphatic hydroxyl groups excluding tert-OH is 2. The molecule has 0 rings (SSSR count). The number of phosphoric acid groups is 2. The van der Waals surface area contributed by atoms with Crippen LogP contribution < -0.4 is 0 Å². The maximum Gasteiger partial charge on any atom is 0.472 e. The van der Waals surface area contributed by atoms with Gasteiger partial charge in [-0.3, -0.25) is 32.5 Å². The van der Waals surface area contributed by atoms with Crippen LogP contribution in [0.25, 0.3) is 0 Å². The molecule has 18 heteroatoms. The van der Waals surface area contributed by atoms with Gasteiger partial charge in [-0.1, -0.05) is 376 Å². The van der Waals surface area contributed by atoms with Crippen molar-refractivity contribution in [3.63, 3.8) is 0 Å². The molecule has 0 aliphatic rings. The Bertz CT molecular complexity index is 2910. The summed E-state index contributed by atoms with van der Waals surface area (Å²) in [7, 11) is -9.84. The summed E-state index contributed by atoms with van der Waals surface area (Å²) in [5.41, 5.74) is 0. The van der Waals surface area contributed by atoms with Crippen molar-refractivity contribution in [1.29, 1.82) is 0 Å². The second-order valence-corrected chi connectivity index (χ2v) is 32.9. The van der Waals surface area contributed by atoms with Crippen LogP contribution in [0.4, 0.5) is 0 Å². The van der Waals surface area contributed by atoms with Crippen molar-refractivity contribution in [2.24, 2.45) is 0 Å². The lowest BCUT2D eigenvalue weighted by Crippen LogP contribution is -2.29. The molecule has 0 radical (unpaired) electrons. The number of hydrogen-bond donors (Lipinski definition) is 4. The lowest BCUT2D eigenvalue weighted by atomic mass is 10.0. The molecule has 0 bridgehead atoms. The zero-order chi connectivity index (χ0) is 85.1. The van der Waals surface area contributed by atoms with Gasteiger partial charge in [0, 0.05) is 19.3 Å². The molecular weight excluding hydrogens is 1510 g/mol. The number of allylic oxidation sites excluding steroid dienone is 32. The molecule has 0 fully saturated rings. The zero-order valence-electron chi connectivity index (χ0n) is 73.3. The minimum absolute atomic E-state index is 0.0260. The molecule has 0 saturated carbocycles. The number of unbranched alkanes of at least 4 members (excludes halogenated alkanes) is 30. The van der Waals surface area contributed by atoms with Crippen molar-refractivity contribution in [1.82, 2.24) is 0 Å². The van der Waals surface area contributed by atoms with E-state index in [1.54, 1.807) is 0 Å². The third kappa shape index (κ3) is 91.0. The first-order chi connectivity index (χ1) is 57.2. The third-order valence-electron chi connectivity index (χ3n) is 18.8. The number of hydrogen-bond acceptors (Lipinski definition) is 14. The maximum absolute atomic E-state index is 13.0. The molecule has 0 spiro atoms. The van der Waals surface area contributed by atoms with E-state index < -0.39 is 91.5 Å². The predicted octanol–water partition coefficient (Wildman–Crippen LogP) is 28.2. The van der Waals surface area contributed by atoms with E-state index in [9.17, 15) is 43.5 Å². The molecule has 666 valence electrons. The molecule has 5 unspecified atom stereocenters. The van der Waals surface area contributed by atoms with Gasteiger partial charge in [0.2, 0.25) is 0 Å². The molecule has 5 atom stereocenters. The van der Waals surface area contributed by atoms with Crippen LogP contribution in [0.15, 0.2) is 194 Å². The molecule has 0 aromatic carbocycles. The fraction of sp³-hybridized carbons (Fsp3) is 0.646. The first kappa shape index (κ1) is 111.